The van der Waals surface area contributed by atoms with Crippen LogP contribution in [0.2, 0.25) is 5.02 Å². The van der Waals surface area contributed by atoms with E-state index in [4.69, 9.17) is 16.3 Å². The highest BCUT2D eigenvalue weighted by molar-refractivity contribution is 9.10. The van der Waals surface area contributed by atoms with Gasteiger partial charge >= 0.3 is 0 Å². The normalized spacial score (nSPS) is 11.9. The third kappa shape index (κ3) is 5.19. The number of nitrogens with zero attached hydrogens (tertiary/aromatic N) is 2. The maximum Gasteiger partial charge on any atom is 0.251 e. The Hall–Kier alpha value is -2.31. The lowest BCUT2D eigenvalue weighted by Gasteiger charge is -2.14. The zero-order valence-electron chi connectivity index (χ0n) is 16.6. The molecule has 1 heterocycles. The van der Waals surface area contributed by atoms with Crippen molar-refractivity contribution in [3.63, 3.8) is 0 Å². The number of aromatic nitrogens is 2. The lowest BCUT2D eigenvalue weighted by Crippen LogP contribution is -2.27. The zero-order chi connectivity index (χ0) is 21.0. The number of carbonyl (C=O) groups is 1. The van der Waals surface area contributed by atoms with Crippen LogP contribution in [0.15, 0.2) is 53.1 Å². The summed E-state index contributed by atoms with van der Waals surface area (Å²) in [6.07, 6.45) is 1.82. The predicted molar refractivity (Wildman–Crippen MR) is 118 cm³/mol. The van der Waals surface area contributed by atoms with Gasteiger partial charge in [-0.05, 0) is 56.7 Å². The van der Waals surface area contributed by atoms with Crippen LogP contribution in [0.5, 0.6) is 5.75 Å². The largest absolute Gasteiger partial charge is 0.487 e. The van der Waals surface area contributed by atoms with Crippen molar-refractivity contribution in [2.45, 2.75) is 40.0 Å². The Morgan fingerprint density at radius 2 is 2.00 bits per heavy atom. The van der Waals surface area contributed by atoms with Gasteiger partial charge in [0.25, 0.3) is 5.91 Å². The minimum Gasteiger partial charge on any atom is -0.487 e. The number of benzene rings is 2. The number of hydrogen-bond acceptors (Lipinski definition) is 3. The van der Waals surface area contributed by atoms with Crippen molar-refractivity contribution in [1.29, 1.82) is 0 Å². The Kier molecular flexibility index (Phi) is 6.98. The highest BCUT2D eigenvalue weighted by atomic mass is 79.9. The Balaban J connectivity index is 1.60. The maximum atomic E-state index is 12.6. The molecule has 152 valence electrons. The molecule has 0 spiro atoms. The van der Waals surface area contributed by atoms with Gasteiger partial charge in [0, 0.05) is 27.8 Å². The van der Waals surface area contributed by atoms with Crippen LogP contribution in [-0.2, 0) is 13.2 Å². The molecule has 1 N–H and O–H groups in total. The third-order valence-electron chi connectivity index (χ3n) is 4.76. The van der Waals surface area contributed by atoms with Crippen LogP contribution in [0.3, 0.4) is 0 Å². The molecule has 3 aromatic rings. The summed E-state index contributed by atoms with van der Waals surface area (Å²) in [5.74, 6) is 0.498. The minimum absolute atomic E-state index is 0.120. The van der Waals surface area contributed by atoms with E-state index in [0.29, 0.717) is 22.9 Å². The Labute approximate surface area is 184 Å². The van der Waals surface area contributed by atoms with Gasteiger partial charge < -0.3 is 10.1 Å². The van der Waals surface area contributed by atoms with Crippen molar-refractivity contribution in [2.24, 2.45) is 0 Å². The molecule has 0 aliphatic heterocycles. The highest BCUT2D eigenvalue weighted by Crippen LogP contribution is 2.28. The molecule has 0 aliphatic carbocycles. The van der Waals surface area contributed by atoms with Gasteiger partial charge in [-0.25, -0.2) is 0 Å². The smallest absolute Gasteiger partial charge is 0.251 e. The van der Waals surface area contributed by atoms with Gasteiger partial charge in [0.1, 0.15) is 12.4 Å². The second-order valence-electron chi connectivity index (χ2n) is 6.76. The molecule has 0 saturated heterocycles. The lowest BCUT2D eigenvalue weighted by atomic mass is 10.1. The van der Waals surface area contributed by atoms with Gasteiger partial charge in [-0.2, -0.15) is 5.10 Å². The summed E-state index contributed by atoms with van der Waals surface area (Å²) in [6.45, 7) is 7.20. The van der Waals surface area contributed by atoms with Gasteiger partial charge in [0.15, 0.2) is 0 Å². The van der Waals surface area contributed by atoms with E-state index in [-0.39, 0.29) is 11.9 Å². The van der Waals surface area contributed by atoms with E-state index < -0.39 is 0 Å². The summed E-state index contributed by atoms with van der Waals surface area (Å²) in [6, 6.07) is 12.7. The molecule has 0 aliphatic rings. The summed E-state index contributed by atoms with van der Waals surface area (Å²) in [5.41, 5.74) is 3.65. The van der Waals surface area contributed by atoms with E-state index in [9.17, 15) is 4.79 Å². The van der Waals surface area contributed by atoms with Crippen LogP contribution in [0.1, 0.15) is 47.1 Å². The molecule has 7 heteroatoms. The SMILES string of the molecule is CCn1ncc(C(C)NC(=O)c2ccc(COc3ccc(Br)cc3Cl)cc2)c1C. The molecule has 0 radical (unpaired) electrons. The van der Waals surface area contributed by atoms with Crippen molar-refractivity contribution in [3.05, 3.63) is 80.5 Å². The standard InChI is InChI=1S/C22H23BrClN3O2/c1-4-27-15(3)19(12-25-27)14(2)26-22(28)17-7-5-16(6-8-17)13-29-21-10-9-18(23)11-20(21)24/h5-12,14H,4,13H2,1-3H3,(H,26,28). The van der Waals surface area contributed by atoms with E-state index in [1.807, 2.05) is 55.9 Å². The molecule has 1 aromatic heterocycles. The molecule has 5 nitrogen and oxygen atoms in total. The van der Waals surface area contributed by atoms with Crippen molar-refractivity contribution >= 4 is 33.4 Å². The molecule has 1 atom stereocenters. The topological polar surface area (TPSA) is 56.2 Å². The number of nitrogens with one attached hydrogen (secondary N) is 1. The highest BCUT2D eigenvalue weighted by Gasteiger charge is 2.16. The van der Waals surface area contributed by atoms with Crippen molar-refractivity contribution in [3.8, 4) is 5.75 Å². The van der Waals surface area contributed by atoms with Gasteiger partial charge in [0.05, 0.1) is 17.3 Å². The second-order valence-corrected chi connectivity index (χ2v) is 8.08. The number of halogens is 2. The van der Waals surface area contributed by atoms with Crippen LogP contribution >= 0.6 is 27.5 Å². The van der Waals surface area contributed by atoms with Crippen LogP contribution in [0.25, 0.3) is 0 Å². The van der Waals surface area contributed by atoms with E-state index in [1.54, 1.807) is 18.2 Å². The first kappa shape index (κ1) is 21.4. The minimum atomic E-state index is -0.121. The predicted octanol–water partition coefficient (Wildman–Crippen LogP) is 5.70. The molecular weight excluding hydrogens is 454 g/mol. The number of aryl methyl sites for hydroxylation is 1. The van der Waals surface area contributed by atoms with Crippen LogP contribution in [0, 0.1) is 6.92 Å². The summed E-state index contributed by atoms with van der Waals surface area (Å²) < 4.78 is 8.58. The fraction of sp³-hybridized carbons (Fsp3) is 0.273. The molecule has 0 bridgehead atoms. The van der Waals surface area contributed by atoms with E-state index >= 15 is 0 Å². The number of carbonyl (C=O) groups excluding carboxylic acids is 1. The summed E-state index contributed by atoms with van der Waals surface area (Å²) in [7, 11) is 0. The van der Waals surface area contributed by atoms with Crippen molar-refractivity contribution in [2.75, 3.05) is 0 Å². The number of rotatable bonds is 7. The fourth-order valence-electron chi connectivity index (χ4n) is 3.07. The Morgan fingerprint density at radius 3 is 2.62 bits per heavy atom. The average molecular weight is 477 g/mol. The first-order chi connectivity index (χ1) is 13.9. The quantitative estimate of drug-likeness (QED) is 0.476. The number of hydrogen-bond donors (Lipinski definition) is 1. The van der Waals surface area contributed by atoms with E-state index in [2.05, 4.69) is 26.3 Å². The van der Waals surface area contributed by atoms with Gasteiger partial charge in [0.2, 0.25) is 0 Å². The molecule has 0 saturated carbocycles. The summed E-state index contributed by atoms with van der Waals surface area (Å²) in [4.78, 5) is 12.6. The van der Waals surface area contributed by atoms with Crippen molar-refractivity contribution in [1.82, 2.24) is 15.1 Å². The molecule has 1 unspecified atom stereocenters. The van der Waals surface area contributed by atoms with Crippen LogP contribution in [-0.4, -0.2) is 15.7 Å². The summed E-state index contributed by atoms with van der Waals surface area (Å²) >= 11 is 9.54. The lowest BCUT2D eigenvalue weighted by molar-refractivity contribution is 0.0939. The first-order valence-corrected chi connectivity index (χ1v) is 10.6. The summed E-state index contributed by atoms with van der Waals surface area (Å²) in [5, 5.41) is 7.93. The Bertz CT molecular complexity index is 1000. The van der Waals surface area contributed by atoms with Crippen molar-refractivity contribution < 1.29 is 9.53 Å². The monoisotopic (exact) mass is 475 g/mol. The third-order valence-corrected chi connectivity index (χ3v) is 5.55. The van der Waals surface area contributed by atoms with E-state index in [0.717, 1.165) is 27.8 Å². The molecular formula is C22H23BrClN3O2. The molecule has 2 aromatic carbocycles. The van der Waals surface area contributed by atoms with Crippen LogP contribution < -0.4 is 10.1 Å². The van der Waals surface area contributed by atoms with Gasteiger partial charge in [-0.3, -0.25) is 9.48 Å². The molecule has 29 heavy (non-hydrogen) atoms. The molecule has 3 rings (SSSR count). The average Bonchev–Trinajstić information content (AvgIpc) is 3.08. The van der Waals surface area contributed by atoms with E-state index in [1.165, 1.54) is 0 Å². The molecule has 1 amide bonds. The van der Waals surface area contributed by atoms with Crippen LogP contribution in [0.4, 0.5) is 0 Å². The maximum absolute atomic E-state index is 12.6. The zero-order valence-corrected chi connectivity index (χ0v) is 18.9. The molecule has 0 fully saturated rings. The Morgan fingerprint density at radius 1 is 1.28 bits per heavy atom. The number of amides is 1. The second kappa shape index (κ2) is 9.46. The van der Waals surface area contributed by atoms with Gasteiger partial charge in [-0.1, -0.05) is 39.7 Å². The fourth-order valence-corrected chi connectivity index (χ4v) is 3.80. The number of ether oxygens (including phenoxy) is 1. The van der Waals surface area contributed by atoms with Gasteiger partial charge in [-0.15, -0.1) is 0 Å². The first-order valence-electron chi connectivity index (χ1n) is 9.39.